The monoisotopic (exact) mass is 493 g/mol. The van der Waals surface area contributed by atoms with Crippen LogP contribution in [0.5, 0.6) is 5.75 Å². The minimum atomic E-state index is -3.62. The molecule has 1 aliphatic heterocycles. The number of benzene rings is 3. The maximum absolute atomic E-state index is 13.1. The van der Waals surface area contributed by atoms with Gasteiger partial charge in [-0.15, -0.1) is 0 Å². The molecular weight excluding hydrogens is 466 g/mol. The van der Waals surface area contributed by atoms with Crippen molar-refractivity contribution < 1.29 is 22.7 Å². The fraction of sp³-hybridized carbons (Fsp3) is 0.231. The number of sulfonamides is 1. The van der Waals surface area contributed by atoms with Crippen LogP contribution in [0.25, 0.3) is 0 Å². The molecule has 182 valence electrons. The molecule has 35 heavy (non-hydrogen) atoms. The molecule has 0 aliphatic carbocycles. The van der Waals surface area contributed by atoms with Crippen molar-refractivity contribution in [1.82, 2.24) is 5.32 Å². The van der Waals surface area contributed by atoms with Crippen molar-refractivity contribution in [3.63, 3.8) is 0 Å². The highest BCUT2D eigenvalue weighted by atomic mass is 32.2. The van der Waals surface area contributed by atoms with E-state index in [2.05, 4.69) is 10.6 Å². The Morgan fingerprint density at radius 2 is 1.66 bits per heavy atom. The number of carbonyl (C=O) groups is 2. The van der Waals surface area contributed by atoms with Crippen LogP contribution < -0.4 is 19.7 Å². The first-order valence-electron chi connectivity index (χ1n) is 11.4. The number of para-hydroxylation sites is 3. The van der Waals surface area contributed by atoms with E-state index in [-0.39, 0.29) is 18.2 Å². The molecule has 0 saturated heterocycles. The fourth-order valence-electron chi connectivity index (χ4n) is 3.82. The number of amides is 2. The third-order valence-electron chi connectivity index (χ3n) is 5.70. The molecular formula is C26H27N3O5S. The lowest BCUT2D eigenvalue weighted by Gasteiger charge is -2.34. The molecule has 1 aliphatic rings. The molecule has 0 aromatic heterocycles. The predicted octanol–water partition coefficient (Wildman–Crippen LogP) is 3.21. The van der Waals surface area contributed by atoms with E-state index < -0.39 is 22.0 Å². The Morgan fingerprint density at radius 3 is 2.43 bits per heavy atom. The Hall–Kier alpha value is -3.85. The maximum Gasteiger partial charge on any atom is 0.267 e. The van der Waals surface area contributed by atoms with E-state index in [0.717, 1.165) is 5.56 Å². The van der Waals surface area contributed by atoms with Crippen LogP contribution in [0.3, 0.4) is 0 Å². The summed E-state index contributed by atoms with van der Waals surface area (Å²) in [5, 5.41) is 5.62. The largest absolute Gasteiger partial charge is 0.476 e. The molecule has 1 atom stereocenters. The quantitative estimate of drug-likeness (QED) is 0.501. The normalized spacial score (nSPS) is 15.0. The minimum Gasteiger partial charge on any atom is -0.476 e. The van der Waals surface area contributed by atoms with E-state index in [0.29, 0.717) is 35.7 Å². The number of hydrogen-bond acceptors (Lipinski definition) is 5. The first-order valence-corrected chi connectivity index (χ1v) is 13.0. The van der Waals surface area contributed by atoms with Gasteiger partial charge >= 0.3 is 0 Å². The van der Waals surface area contributed by atoms with Gasteiger partial charge in [-0.2, -0.15) is 0 Å². The highest BCUT2D eigenvalue weighted by molar-refractivity contribution is 7.92. The molecule has 0 radical (unpaired) electrons. The smallest absolute Gasteiger partial charge is 0.267 e. The average molecular weight is 494 g/mol. The molecule has 0 fully saturated rings. The topological polar surface area (TPSA) is 105 Å². The third kappa shape index (κ3) is 5.63. The van der Waals surface area contributed by atoms with Crippen molar-refractivity contribution in [3.05, 3.63) is 90.0 Å². The van der Waals surface area contributed by atoms with Crippen molar-refractivity contribution in [2.45, 2.75) is 19.4 Å². The summed E-state index contributed by atoms with van der Waals surface area (Å²) in [6.07, 6.45) is -0.404. The van der Waals surface area contributed by atoms with Crippen LogP contribution >= 0.6 is 0 Å². The van der Waals surface area contributed by atoms with E-state index in [1.165, 1.54) is 4.31 Å². The molecule has 4 rings (SSSR count). The van der Waals surface area contributed by atoms with Gasteiger partial charge < -0.3 is 15.4 Å². The number of nitrogens with one attached hydrogen (secondary N) is 2. The molecule has 2 N–H and O–H groups in total. The van der Waals surface area contributed by atoms with Crippen molar-refractivity contribution in [3.8, 4) is 5.75 Å². The molecule has 3 aromatic rings. The van der Waals surface area contributed by atoms with Crippen LogP contribution in [0.2, 0.25) is 0 Å². The zero-order valence-electron chi connectivity index (χ0n) is 19.3. The summed E-state index contributed by atoms with van der Waals surface area (Å²) in [7, 11) is -3.62. The van der Waals surface area contributed by atoms with Crippen LogP contribution in [0.15, 0.2) is 78.9 Å². The number of hydrogen-bond donors (Lipinski definition) is 2. The van der Waals surface area contributed by atoms with Crippen molar-refractivity contribution in [1.29, 1.82) is 0 Å². The van der Waals surface area contributed by atoms with Crippen molar-refractivity contribution in [2.24, 2.45) is 0 Å². The van der Waals surface area contributed by atoms with E-state index in [1.807, 2.05) is 30.3 Å². The summed E-state index contributed by atoms with van der Waals surface area (Å²) in [6, 6.07) is 23.2. The molecule has 1 heterocycles. The number of ether oxygens (including phenoxy) is 1. The van der Waals surface area contributed by atoms with Crippen molar-refractivity contribution >= 4 is 33.2 Å². The molecule has 0 saturated carbocycles. The van der Waals surface area contributed by atoms with Gasteiger partial charge in [-0.3, -0.25) is 13.9 Å². The lowest BCUT2D eigenvalue weighted by atomic mass is 10.1. The van der Waals surface area contributed by atoms with Crippen LogP contribution in [0.1, 0.15) is 22.8 Å². The molecule has 3 aromatic carbocycles. The zero-order valence-corrected chi connectivity index (χ0v) is 20.1. The summed E-state index contributed by atoms with van der Waals surface area (Å²) in [4.78, 5) is 25.9. The zero-order chi connectivity index (χ0) is 24.8. The third-order valence-corrected chi connectivity index (χ3v) is 7.45. The fourth-order valence-corrected chi connectivity index (χ4v) is 4.95. The Balaban J connectivity index is 1.47. The molecule has 1 unspecified atom stereocenters. The summed E-state index contributed by atoms with van der Waals surface area (Å²) in [5.41, 5.74) is 2.14. The Morgan fingerprint density at radius 1 is 0.971 bits per heavy atom. The van der Waals surface area contributed by atoms with Crippen LogP contribution in [-0.4, -0.2) is 45.2 Å². The van der Waals surface area contributed by atoms with Gasteiger partial charge in [0.15, 0.2) is 6.10 Å². The lowest BCUT2D eigenvalue weighted by Crippen LogP contribution is -2.49. The van der Waals surface area contributed by atoms with Crippen LogP contribution in [0.4, 0.5) is 11.4 Å². The first kappa shape index (κ1) is 24.3. The SMILES string of the molecule is CCS(=O)(=O)N1CC(C(=O)Nc2ccccc2C(=O)NCCc2ccccc2)Oc2ccccc21. The van der Waals surface area contributed by atoms with Gasteiger partial charge in [-0.05, 0) is 43.2 Å². The maximum atomic E-state index is 13.1. The van der Waals surface area contributed by atoms with Gasteiger partial charge in [0.25, 0.3) is 11.8 Å². The standard InChI is InChI=1S/C26H27N3O5S/c1-2-35(32,33)29-18-24(34-23-15-9-8-14-22(23)29)26(31)28-21-13-7-6-12-20(21)25(30)27-17-16-19-10-4-3-5-11-19/h3-15,24H,2,16-18H2,1H3,(H,27,30)(H,28,31). The summed E-state index contributed by atoms with van der Waals surface area (Å²) in [5.74, 6) is -0.660. The minimum absolute atomic E-state index is 0.109. The van der Waals surface area contributed by atoms with E-state index in [4.69, 9.17) is 4.74 Å². The summed E-state index contributed by atoms with van der Waals surface area (Å²) >= 11 is 0. The second-order valence-corrected chi connectivity index (χ2v) is 10.2. The highest BCUT2D eigenvalue weighted by Gasteiger charge is 2.36. The lowest BCUT2D eigenvalue weighted by molar-refractivity contribution is -0.122. The van der Waals surface area contributed by atoms with Crippen LogP contribution in [0, 0.1) is 0 Å². The van der Waals surface area contributed by atoms with Gasteiger partial charge in [0.05, 0.1) is 29.2 Å². The number of rotatable bonds is 8. The number of anilines is 2. The molecule has 0 bridgehead atoms. The number of fused-ring (bicyclic) bond motifs is 1. The van der Waals surface area contributed by atoms with E-state index in [1.54, 1.807) is 55.5 Å². The summed E-state index contributed by atoms with van der Waals surface area (Å²) in [6.45, 7) is 1.83. The van der Waals surface area contributed by atoms with Crippen LogP contribution in [-0.2, 0) is 21.2 Å². The van der Waals surface area contributed by atoms with Gasteiger partial charge in [0.2, 0.25) is 10.0 Å². The average Bonchev–Trinajstić information content (AvgIpc) is 2.88. The van der Waals surface area contributed by atoms with Crippen molar-refractivity contribution in [2.75, 3.05) is 28.5 Å². The predicted molar refractivity (Wildman–Crippen MR) is 135 cm³/mol. The molecule has 0 spiro atoms. The molecule has 8 nitrogen and oxygen atoms in total. The Bertz CT molecular complexity index is 1310. The Labute approximate surface area is 205 Å². The van der Waals surface area contributed by atoms with Gasteiger partial charge in [-0.1, -0.05) is 54.6 Å². The van der Waals surface area contributed by atoms with Gasteiger partial charge in [0, 0.05) is 6.54 Å². The van der Waals surface area contributed by atoms with E-state index in [9.17, 15) is 18.0 Å². The first-order chi connectivity index (χ1) is 16.9. The Kier molecular flexibility index (Phi) is 7.36. The van der Waals surface area contributed by atoms with Gasteiger partial charge in [0.1, 0.15) is 5.75 Å². The second-order valence-electron chi connectivity index (χ2n) is 8.03. The second kappa shape index (κ2) is 10.6. The number of carbonyl (C=O) groups excluding carboxylic acids is 2. The summed E-state index contributed by atoms with van der Waals surface area (Å²) < 4.78 is 32.4. The molecule has 9 heteroatoms. The number of nitrogens with zero attached hydrogens (tertiary/aromatic N) is 1. The van der Waals surface area contributed by atoms with E-state index >= 15 is 0 Å². The molecule has 2 amide bonds. The van der Waals surface area contributed by atoms with Gasteiger partial charge in [-0.25, -0.2) is 8.42 Å². The highest BCUT2D eigenvalue weighted by Crippen LogP contribution is 2.35.